The van der Waals surface area contributed by atoms with Crippen LogP contribution in [0.15, 0.2) is 29.6 Å². The van der Waals surface area contributed by atoms with Gasteiger partial charge in [0, 0.05) is 40.2 Å². The molecule has 7 nitrogen and oxygen atoms in total. The van der Waals surface area contributed by atoms with E-state index in [4.69, 9.17) is 4.74 Å². The lowest BCUT2D eigenvalue weighted by Crippen LogP contribution is -2.47. The van der Waals surface area contributed by atoms with Gasteiger partial charge in [-0.1, -0.05) is 6.07 Å². The molecule has 37 heavy (non-hydrogen) atoms. The normalized spacial score (nSPS) is 17.4. The molecule has 0 radical (unpaired) electrons. The first-order valence-corrected chi connectivity index (χ1v) is 13.8. The van der Waals surface area contributed by atoms with Crippen molar-refractivity contribution in [3.8, 4) is 27.4 Å². The number of amides is 1. The third-order valence-corrected chi connectivity index (χ3v) is 8.52. The summed E-state index contributed by atoms with van der Waals surface area (Å²) in [6.45, 7) is 7.12. The summed E-state index contributed by atoms with van der Waals surface area (Å²) in [5.74, 6) is 0.545. The van der Waals surface area contributed by atoms with E-state index in [0.29, 0.717) is 24.3 Å². The van der Waals surface area contributed by atoms with Crippen LogP contribution in [-0.2, 0) is 19.4 Å². The van der Waals surface area contributed by atoms with Crippen LogP contribution in [0.2, 0.25) is 0 Å². The Bertz CT molecular complexity index is 1310. The molecule has 0 unspecified atom stereocenters. The number of thiophene rings is 1. The minimum absolute atomic E-state index is 0.0687. The number of ether oxygens (including phenoxy) is 1. The van der Waals surface area contributed by atoms with Crippen LogP contribution in [0.3, 0.4) is 0 Å². The Morgan fingerprint density at radius 1 is 1.11 bits per heavy atom. The molecular weight excluding hydrogens is 488 g/mol. The van der Waals surface area contributed by atoms with E-state index < -0.39 is 18.8 Å². The van der Waals surface area contributed by atoms with Crippen LogP contribution >= 0.6 is 11.3 Å². The maximum absolute atomic E-state index is 14.2. The molecule has 0 spiro atoms. The number of fused-ring (bicyclic) bond motifs is 5. The van der Waals surface area contributed by atoms with Crippen molar-refractivity contribution in [1.82, 2.24) is 9.47 Å². The Morgan fingerprint density at radius 3 is 2.54 bits per heavy atom. The number of aliphatic hydroxyl groups is 3. The number of aromatic nitrogens is 1. The first-order valence-electron chi connectivity index (χ1n) is 13.0. The van der Waals surface area contributed by atoms with Crippen LogP contribution in [0, 0.1) is 0 Å². The van der Waals surface area contributed by atoms with Gasteiger partial charge in [0.25, 0.3) is 5.91 Å². The Balaban J connectivity index is 1.80. The Hall–Kier alpha value is -2.65. The summed E-state index contributed by atoms with van der Waals surface area (Å²) >= 11 is 1.66. The van der Waals surface area contributed by atoms with Crippen LogP contribution in [0.1, 0.15) is 66.9 Å². The van der Waals surface area contributed by atoms with E-state index in [0.717, 1.165) is 64.3 Å². The molecule has 0 fully saturated rings. The molecule has 0 aliphatic carbocycles. The topological polar surface area (TPSA) is 95.2 Å². The van der Waals surface area contributed by atoms with Crippen molar-refractivity contribution in [3.63, 3.8) is 0 Å². The average Bonchev–Trinajstić information content (AvgIpc) is 3.50. The molecule has 198 valence electrons. The van der Waals surface area contributed by atoms with E-state index in [9.17, 15) is 20.1 Å². The summed E-state index contributed by atoms with van der Waals surface area (Å²) in [4.78, 5) is 17.3. The SMILES string of the molecule is COc1cc2c(cc1[C@@H](O)[C@@H](O)CO)-c1c(-c3cccs3)c3c(n1CC2)C(=O)N(C(C)(C)C)CCCC3. The summed E-state index contributed by atoms with van der Waals surface area (Å²) in [6, 6.07) is 7.94. The number of hydrogen-bond donors (Lipinski definition) is 3. The summed E-state index contributed by atoms with van der Waals surface area (Å²) in [5, 5.41) is 32.6. The zero-order chi connectivity index (χ0) is 26.5. The highest BCUT2D eigenvalue weighted by Gasteiger charge is 2.38. The lowest BCUT2D eigenvalue weighted by atomic mass is 9.90. The minimum atomic E-state index is -1.33. The molecule has 3 aromatic rings. The highest BCUT2D eigenvalue weighted by molar-refractivity contribution is 7.13. The number of hydrogen-bond acceptors (Lipinski definition) is 6. The predicted octanol–water partition coefficient (Wildman–Crippen LogP) is 4.41. The second kappa shape index (κ2) is 9.91. The van der Waals surface area contributed by atoms with E-state index in [-0.39, 0.29) is 11.4 Å². The Kier molecular flexibility index (Phi) is 6.96. The molecule has 1 amide bonds. The molecule has 0 bridgehead atoms. The molecule has 2 aliphatic rings. The number of rotatable bonds is 5. The smallest absolute Gasteiger partial charge is 0.271 e. The molecule has 3 N–H and O–H groups in total. The molecular formula is C29H36N2O5S. The molecule has 2 aliphatic heterocycles. The summed E-state index contributed by atoms with van der Waals surface area (Å²) in [5.41, 5.74) is 6.06. The van der Waals surface area contributed by atoms with Gasteiger partial charge in [-0.05, 0) is 81.2 Å². The summed E-state index contributed by atoms with van der Waals surface area (Å²) < 4.78 is 7.77. The number of aryl methyl sites for hydroxylation is 1. The van der Waals surface area contributed by atoms with Crippen LogP contribution in [0.4, 0.5) is 0 Å². The van der Waals surface area contributed by atoms with E-state index in [1.54, 1.807) is 11.3 Å². The molecule has 2 aromatic heterocycles. The quantitative estimate of drug-likeness (QED) is 0.460. The van der Waals surface area contributed by atoms with Crippen molar-refractivity contribution in [2.45, 2.75) is 70.7 Å². The minimum Gasteiger partial charge on any atom is -0.496 e. The molecule has 5 rings (SSSR count). The Labute approximate surface area is 221 Å². The fourth-order valence-corrected chi connectivity index (χ4v) is 6.60. The number of methoxy groups -OCH3 is 1. The molecule has 4 heterocycles. The van der Waals surface area contributed by atoms with Crippen molar-refractivity contribution in [2.75, 3.05) is 20.3 Å². The van der Waals surface area contributed by atoms with Gasteiger partial charge in [0.1, 0.15) is 23.7 Å². The van der Waals surface area contributed by atoms with Crippen molar-refractivity contribution >= 4 is 17.2 Å². The average molecular weight is 525 g/mol. The molecule has 0 saturated carbocycles. The van der Waals surface area contributed by atoms with Gasteiger partial charge in [-0.25, -0.2) is 0 Å². The largest absolute Gasteiger partial charge is 0.496 e. The zero-order valence-electron chi connectivity index (χ0n) is 22.0. The monoisotopic (exact) mass is 524 g/mol. The van der Waals surface area contributed by atoms with E-state index in [2.05, 4.69) is 36.8 Å². The van der Waals surface area contributed by atoms with Crippen LogP contribution in [-0.4, -0.2) is 62.6 Å². The van der Waals surface area contributed by atoms with Gasteiger partial charge in [0.2, 0.25) is 0 Å². The van der Waals surface area contributed by atoms with E-state index in [1.807, 2.05) is 23.1 Å². The highest BCUT2D eigenvalue weighted by atomic mass is 32.1. The summed E-state index contributed by atoms with van der Waals surface area (Å²) in [7, 11) is 1.54. The lowest BCUT2D eigenvalue weighted by molar-refractivity contribution is -0.0162. The van der Waals surface area contributed by atoms with Crippen LogP contribution in [0.25, 0.3) is 21.7 Å². The first-order chi connectivity index (χ1) is 17.7. The fourth-order valence-electron chi connectivity index (χ4n) is 5.80. The highest BCUT2D eigenvalue weighted by Crippen LogP contribution is 2.48. The van der Waals surface area contributed by atoms with Crippen molar-refractivity contribution in [1.29, 1.82) is 0 Å². The maximum Gasteiger partial charge on any atom is 0.271 e. The fraction of sp³-hybridized carbons (Fsp3) is 0.483. The zero-order valence-corrected chi connectivity index (χ0v) is 22.8. The van der Waals surface area contributed by atoms with Crippen LogP contribution < -0.4 is 4.74 Å². The van der Waals surface area contributed by atoms with Crippen molar-refractivity contribution < 1.29 is 24.9 Å². The van der Waals surface area contributed by atoms with Gasteiger partial charge in [-0.2, -0.15) is 0 Å². The van der Waals surface area contributed by atoms with Gasteiger partial charge >= 0.3 is 0 Å². The van der Waals surface area contributed by atoms with Crippen molar-refractivity contribution in [3.05, 3.63) is 52.0 Å². The lowest BCUT2D eigenvalue weighted by Gasteiger charge is -2.37. The predicted molar refractivity (Wildman–Crippen MR) is 145 cm³/mol. The number of benzene rings is 1. The molecule has 2 atom stereocenters. The van der Waals surface area contributed by atoms with Gasteiger partial charge in [-0.3, -0.25) is 4.79 Å². The van der Waals surface area contributed by atoms with Gasteiger partial charge in [0.05, 0.1) is 19.4 Å². The van der Waals surface area contributed by atoms with Gasteiger partial charge in [0.15, 0.2) is 0 Å². The van der Waals surface area contributed by atoms with Gasteiger partial charge in [-0.15, -0.1) is 11.3 Å². The second-order valence-electron chi connectivity index (χ2n) is 11.0. The molecule has 1 aromatic carbocycles. The Morgan fingerprint density at radius 2 is 1.89 bits per heavy atom. The maximum atomic E-state index is 14.2. The van der Waals surface area contributed by atoms with Crippen molar-refractivity contribution in [2.24, 2.45) is 0 Å². The number of nitrogens with zero attached hydrogens (tertiary/aromatic N) is 2. The van der Waals surface area contributed by atoms with Gasteiger partial charge < -0.3 is 29.5 Å². The van der Waals surface area contributed by atoms with E-state index >= 15 is 0 Å². The van der Waals surface area contributed by atoms with Crippen LogP contribution in [0.5, 0.6) is 5.75 Å². The molecule has 8 heteroatoms. The standard InChI is InChI=1S/C29H36N2O5S/c1-29(2,3)31-11-6-5-8-18-24(23-9-7-13-37-23)25-19-15-20(27(34)21(33)16-32)22(36-4)14-17(19)10-12-30(25)26(18)28(31)35/h7,9,13-15,21,27,32-34H,5-6,8,10-12,16H2,1-4H3/t21-,27+/m0/s1. The summed E-state index contributed by atoms with van der Waals surface area (Å²) in [6.07, 6.45) is 0.857. The third kappa shape index (κ3) is 4.40. The number of carbonyl (C=O) groups excluding carboxylic acids is 1. The first kappa shape index (κ1) is 26.0. The third-order valence-electron chi connectivity index (χ3n) is 7.63. The number of aliphatic hydroxyl groups excluding tert-OH is 3. The second-order valence-corrected chi connectivity index (χ2v) is 11.9. The van der Waals surface area contributed by atoms with E-state index in [1.165, 1.54) is 7.11 Å². The number of carbonyl (C=O) groups is 1. The molecule has 0 saturated heterocycles.